The van der Waals surface area contributed by atoms with Gasteiger partial charge in [0.1, 0.15) is 0 Å². The van der Waals surface area contributed by atoms with Gasteiger partial charge in [0, 0.05) is 19.0 Å². The van der Waals surface area contributed by atoms with Crippen molar-refractivity contribution in [2.45, 2.75) is 44.6 Å². The number of hydrogen-bond donors (Lipinski definition) is 1. The van der Waals surface area contributed by atoms with E-state index in [1.165, 1.54) is 11.1 Å². The SMILES string of the molecule is CN(C(=O)[C@@H]1CCC[C@@H]1CN)C1CCc2ccccc2C1.Cl. The fraction of sp³-hybridized carbons (Fsp3) is 0.611. The van der Waals surface area contributed by atoms with Crippen LogP contribution < -0.4 is 5.73 Å². The highest BCUT2D eigenvalue weighted by atomic mass is 35.5. The van der Waals surface area contributed by atoms with Crippen LogP contribution in [0, 0.1) is 11.8 Å². The van der Waals surface area contributed by atoms with Gasteiger partial charge >= 0.3 is 0 Å². The Labute approximate surface area is 139 Å². The van der Waals surface area contributed by atoms with Crippen molar-refractivity contribution in [2.75, 3.05) is 13.6 Å². The van der Waals surface area contributed by atoms with Crippen LogP contribution >= 0.6 is 12.4 Å². The van der Waals surface area contributed by atoms with E-state index in [1.54, 1.807) is 0 Å². The minimum atomic E-state index is 0. The summed E-state index contributed by atoms with van der Waals surface area (Å²) in [5.41, 5.74) is 8.70. The molecule has 1 aromatic carbocycles. The maximum absolute atomic E-state index is 12.8. The Kier molecular flexibility index (Phi) is 5.87. The van der Waals surface area contributed by atoms with E-state index < -0.39 is 0 Å². The lowest BCUT2D eigenvalue weighted by atomic mass is 9.86. The van der Waals surface area contributed by atoms with Crippen LogP contribution in [0.2, 0.25) is 0 Å². The zero-order valence-electron chi connectivity index (χ0n) is 13.3. The number of nitrogens with zero attached hydrogens (tertiary/aromatic N) is 1. The Hall–Kier alpha value is -1.06. The van der Waals surface area contributed by atoms with Gasteiger partial charge in [-0.2, -0.15) is 0 Å². The van der Waals surface area contributed by atoms with Crippen LogP contribution in [0.1, 0.15) is 36.8 Å². The molecule has 0 spiro atoms. The van der Waals surface area contributed by atoms with Gasteiger partial charge in [0.05, 0.1) is 0 Å². The van der Waals surface area contributed by atoms with Crippen molar-refractivity contribution in [3.63, 3.8) is 0 Å². The molecule has 0 bridgehead atoms. The number of fused-ring (bicyclic) bond motifs is 1. The highest BCUT2D eigenvalue weighted by Crippen LogP contribution is 2.33. The zero-order chi connectivity index (χ0) is 14.8. The molecule has 0 heterocycles. The van der Waals surface area contributed by atoms with Gasteiger partial charge in [0.15, 0.2) is 0 Å². The molecule has 3 rings (SSSR count). The molecule has 0 aliphatic heterocycles. The Balaban J connectivity index is 0.00000176. The lowest BCUT2D eigenvalue weighted by molar-refractivity contribution is -0.137. The first-order chi connectivity index (χ1) is 10.2. The van der Waals surface area contributed by atoms with E-state index in [-0.39, 0.29) is 18.3 Å². The number of rotatable bonds is 3. The van der Waals surface area contributed by atoms with Crippen LogP contribution in [0.4, 0.5) is 0 Å². The van der Waals surface area contributed by atoms with Crippen LogP contribution in [-0.2, 0) is 17.6 Å². The second kappa shape index (κ2) is 7.47. The van der Waals surface area contributed by atoms with Gasteiger partial charge in [-0.25, -0.2) is 0 Å². The van der Waals surface area contributed by atoms with Crippen molar-refractivity contribution in [3.05, 3.63) is 35.4 Å². The number of aryl methyl sites for hydroxylation is 1. The molecule has 122 valence electrons. The molecule has 3 atom stereocenters. The average Bonchev–Trinajstić information content (AvgIpc) is 3.01. The molecule has 1 fully saturated rings. The molecule has 0 saturated heterocycles. The van der Waals surface area contributed by atoms with E-state index in [2.05, 4.69) is 24.3 Å². The van der Waals surface area contributed by atoms with Crippen molar-refractivity contribution in [3.8, 4) is 0 Å². The van der Waals surface area contributed by atoms with Crippen molar-refractivity contribution in [1.29, 1.82) is 0 Å². The maximum Gasteiger partial charge on any atom is 0.226 e. The summed E-state index contributed by atoms with van der Waals surface area (Å²) in [7, 11) is 1.99. The van der Waals surface area contributed by atoms with Gasteiger partial charge in [-0.15, -0.1) is 12.4 Å². The summed E-state index contributed by atoms with van der Waals surface area (Å²) in [4.78, 5) is 14.8. The lowest BCUT2D eigenvalue weighted by Gasteiger charge is -2.35. The molecule has 2 aliphatic carbocycles. The van der Waals surface area contributed by atoms with Gasteiger partial charge in [-0.05, 0) is 55.7 Å². The number of halogens is 1. The molecule has 2 aliphatic rings. The summed E-state index contributed by atoms with van der Waals surface area (Å²) in [6.45, 7) is 0.651. The number of carbonyl (C=O) groups excluding carboxylic acids is 1. The monoisotopic (exact) mass is 322 g/mol. The quantitative estimate of drug-likeness (QED) is 0.930. The van der Waals surface area contributed by atoms with Gasteiger partial charge in [-0.1, -0.05) is 30.7 Å². The molecule has 1 aromatic rings. The number of hydrogen-bond acceptors (Lipinski definition) is 2. The molecular formula is C18H27ClN2O. The van der Waals surface area contributed by atoms with E-state index >= 15 is 0 Å². The Morgan fingerprint density at radius 3 is 2.68 bits per heavy atom. The van der Waals surface area contributed by atoms with Crippen LogP contribution in [-0.4, -0.2) is 30.4 Å². The standard InChI is InChI=1S/C18H26N2O.ClH/c1-20(18(21)17-8-4-7-15(17)12-19)16-10-9-13-5-2-3-6-14(13)11-16;/h2-3,5-6,15-17H,4,7-12,19H2,1H3;1H/t15-,16?,17-;/m1./s1. The van der Waals surface area contributed by atoms with Crippen LogP contribution in [0.15, 0.2) is 24.3 Å². The van der Waals surface area contributed by atoms with Crippen molar-refractivity contribution >= 4 is 18.3 Å². The van der Waals surface area contributed by atoms with E-state index in [0.29, 0.717) is 24.4 Å². The maximum atomic E-state index is 12.8. The van der Waals surface area contributed by atoms with E-state index in [0.717, 1.165) is 38.5 Å². The zero-order valence-corrected chi connectivity index (χ0v) is 14.1. The first-order valence-corrected chi connectivity index (χ1v) is 8.24. The fourth-order valence-corrected chi connectivity index (χ4v) is 4.09. The average molecular weight is 323 g/mol. The topological polar surface area (TPSA) is 46.3 Å². The molecule has 0 aromatic heterocycles. The molecule has 3 nitrogen and oxygen atoms in total. The van der Waals surface area contributed by atoms with Gasteiger partial charge in [0.2, 0.25) is 5.91 Å². The second-order valence-electron chi connectivity index (χ2n) is 6.65. The summed E-state index contributed by atoms with van der Waals surface area (Å²) in [6, 6.07) is 8.99. The fourth-order valence-electron chi connectivity index (χ4n) is 4.09. The van der Waals surface area contributed by atoms with Gasteiger partial charge < -0.3 is 10.6 Å². The molecule has 1 unspecified atom stereocenters. The molecule has 2 N–H and O–H groups in total. The highest BCUT2D eigenvalue weighted by Gasteiger charge is 2.36. The van der Waals surface area contributed by atoms with E-state index in [9.17, 15) is 4.79 Å². The Bertz CT molecular complexity index is 520. The number of benzene rings is 1. The van der Waals surface area contributed by atoms with Crippen LogP contribution in [0.5, 0.6) is 0 Å². The smallest absolute Gasteiger partial charge is 0.226 e. The Morgan fingerprint density at radius 1 is 1.23 bits per heavy atom. The van der Waals surface area contributed by atoms with Gasteiger partial charge in [-0.3, -0.25) is 4.79 Å². The van der Waals surface area contributed by atoms with Crippen LogP contribution in [0.3, 0.4) is 0 Å². The molecule has 1 saturated carbocycles. The first-order valence-electron chi connectivity index (χ1n) is 8.24. The molecule has 22 heavy (non-hydrogen) atoms. The highest BCUT2D eigenvalue weighted by molar-refractivity contribution is 5.85. The summed E-state index contributed by atoms with van der Waals surface area (Å²) in [5, 5.41) is 0. The first kappa shape index (κ1) is 17.3. The third-order valence-electron chi connectivity index (χ3n) is 5.50. The molecule has 4 heteroatoms. The van der Waals surface area contributed by atoms with Crippen LogP contribution in [0.25, 0.3) is 0 Å². The van der Waals surface area contributed by atoms with Crippen molar-refractivity contribution in [2.24, 2.45) is 17.6 Å². The Morgan fingerprint density at radius 2 is 1.95 bits per heavy atom. The van der Waals surface area contributed by atoms with E-state index in [1.807, 2.05) is 11.9 Å². The molecular weight excluding hydrogens is 296 g/mol. The third kappa shape index (κ3) is 3.31. The number of nitrogens with two attached hydrogens (primary N) is 1. The van der Waals surface area contributed by atoms with E-state index in [4.69, 9.17) is 5.73 Å². The number of likely N-dealkylation sites (N-methyl/N-ethyl adjacent to an activating group) is 1. The number of carbonyl (C=O) groups is 1. The minimum absolute atomic E-state index is 0. The summed E-state index contributed by atoms with van der Waals surface area (Å²) < 4.78 is 0. The third-order valence-corrected chi connectivity index (χ3v) is 5.50. The van der Waals surface area contributed by atoms with Crippen molar-refractivity contribution < 1.29 is 4.79 Å². The van der Waals surface area contributed by atoms with Crippen molar-refractivity contribution in [1.82, 2.24) is 4.90 Å². The minimum Gasteiger partial charge on any atom is -0.342 e. The summed E-state index contributed by atoms with van der Waals surface area (Å²) in [5.74, 6) is 0.889. The number of amides is 1. The predicted molar refractivity (Wildman–Crippen MR) is 92.2 cm³/mol. The second-order valence-corrected chi connectivity index (χ2v) is 6.65. The molecule has 1 amide bonds. The largest absolute Gasteiger partial charge is 0.342 e. The molecule has 0 radical (unpaired) electrons. The lowest BCUT2D eigenvalue weighted by Crippen LogP contribution is -2.45. The normalized spacial score (nSPS) is 26.9. The van der Waals surface area contributed by atoms with Gasteiger partial charge in [0.25, 0.3) is 0 Å². The predicted octanol–water partition coefficient (Wildman–Crippen LogP) is 2.80. The summed E-state index contributed by atoms with van der Waals surface area (Å²) in [6.07, 6.45) is 6.46. The summed E-state index contributed by atoms with van der Waals surface area (Å²) >= 11 is 0.